The van der Waals surface area contributed by atoms with Gasteiger partial charge in [-0.15, -0.1) is 0 Å². The summed E-state index contributed by atoms with van der Waals surface area (Å²) in [5.41, 5.74) is 0.602. The van der Waals surface area contributed by atoms with Crippen LogP contribution in [0.5, 0.6) is 0 Å². The zero-order chi connectivity index (χ0) is 19.3. The molecule has 4 nitrogen and oxygen atoms in total. The average Bonchev–Trinajstić information content (AvgIpc) is 2.95. The van der Waals surface area contributed by atoms with Crippen LogP contribution < -0.4 is 0 Å². The number of carbonyl (C=O) groups excluding carboxylic acids is 1. The fourth-order valence-electron chi connectivity index (χ4n) is 4.79. The summed E-state index contributed by atoms with van der Waals surface area (Å²) in [4.78, 5) is 15.1. The molecule has 2 aliphatic heterocycles. The predicted molar refractivity (Wildman–Crippen MR) is 116 cm³/mol. The second-order valence-electron chi connectivity index (χ2n) is 8.08. The lowest BCUT2D eigenvalue weighted by atomic mass is 9.84. The summed E-state index contributed by atoms with van der Waals surface area (Å²) in [6.07, 6.45) is 7.67. The number of unbranched alkanes of at least 4 members (excludes halogenated alkanes) is 3. The summed E-state index contributed by atoms with van der Waals surface area (Å²) in [6, 6.07) is 10.2. The summed E-state index contributed by atoms with van der Waals surface area (Å²) >= 11 is 2.44. The normalized spacial score (nSPS) is 30.6. The second kappa shape index (κ2) is 9.70. The van der Waals surface area contributed by atoms with Gasteiger partial charge in [-0.1, -0.05) is 72.2 Å². The van der Waals surface area contributed by atoms with E-state index in [0.29, 0.717) is 18.9 Å². The Kier molecular flexibility index (Phi) is 7.57. The zero-order valence-electron chi connectivity index (χ0n) is 16.5. The van der Waals surface area contributed by atoms with Crippen LogP contribution in [0, 0.1) is 5.92 Å². The Balaban J connectivity index is 1.71. The Morgan fingerprint density at radius 2 is 1.96 bits per heavy atom. The molecule has 0 spiro atoms. The van der Waals surface area contributed by atoms with Crippen LogP contribution in [0.4, 0.5) is 0 Å². The summed E-state index contributed by atoms with van der Waals surface area (Å²) in [5.74, 6) is 0.651. The van der Waals surface area contributed by atoms with Crippen molar-refractivity contribution in [1.29, 1.82) is 0 Å². The molecule has 27 heavy (non-hydrogen) atoms. The minimum atomic E-state index is -0.522. The standard InChI is InChI=1S/C22H32INO3/c1-22-15-17(10-6-3-4-9-13-23)14-20(25)24(22)19(16-26-2)21(27-22)18-11-7-5-8-12-18/h5,7-8,11-12,17,19,21H,3-4,6,9-10,13-16H2,1-2H3/t17-,19+,21+,22-/m1/s1. The largest absolute Gasteiger partial charge is 0.382 e. The molecule has 5 heteroatoms. The Morgan fingerprint density at radius 1 is 1.22 bits per heavy atom. The van der Waals surface area contributed by atoms with E-state index >= 15 is 0 Å². The molecule has 0 radical (unpaired) electrons. The number of carbonyl (C=O) groups is 1. The third-order valence-electron chi connectivity index (χ3n) is 5.93. The number of piperidine rings is 1. The van der Waals surface area contributed by atoms with Crippen LogP contribution in [0.1, 0.15) is 63.5 Å². The van der Waals surface area contributed by atoms with E-state index in [0.717, 1.165) is 18.4 Å². The van der Waals surface area contributed by atoms with E-state index in [4.69, 9.17) is 9.47 Å². The highest BCUT2D eigenvalue weighted by atomic mass is 127. The number of benzene rings is 1. The molecule has 1 aromatic rings. The fourth-order valence-corrected chi connectivity index (χ4v) is 5.33. The van der Waals surface area contributed by atoms with Crippen molar-refractivity contribution in [3.05, 3.63) is 35.9 Å². The molecule has 1 amide bonds. The summed E-state index contributed by atoms with van der Waals surface area (Å²) in [6.45, 7) is 2.60. The number of alkyl halides is 1. The van der Waals surface area contributed by atoms with Crippen molar-refractivity contribution in [2.75, 3.05) is 18.1 Å². The Labute approximate surface area is 177 Å². The molecule has 4 atom stereocenters. The highest BCUT2D eigenvalue weighted by molar-refractivity contribution is 14.1. The molecule has 150 valence electrons. The van der Waals surface area contributed by atoms with Crippen molar-refractivity contribution in [3.63, 3.8) is 0 Å². The molecule has 2 aliphatic rings. The predicted octanol–water partition coefficient (Wildman–Crippen LogP) is 5.11. The highest BCUT2D eigenvalue weighted by Crippen LogP contribution is 2.48. The lowest BCUT2D eigenvalue weighted by molar-refractivity contribution is -0.166. The zero-order valence-corrected chi connectivity index (χ0v) is 18.7. The molecular formula is C22H32INO3. The lowest BCUT2D eigenvalue weighted by Crippen LogP contribution is -2.55. The molecule has 0 aliphatic carbocycles. The maximum absolute atomic E-state index is 13.1. The summed E-state index contributed by atoms with van der Waals surface area (Å²) in [7, 11) is 1.70. The first-order valence-electron chi connectivity index (χ1n) is 10.2. The molecule has 2 fully saturated rings. The SMILES string of the molecule is COC[C@H]1[C@H](c2ccccc2)O[C@]2(C)C[C@H](CCCCCCI)CC(=O)N12. The van der Waals surface area contributed by atoms with Crippen LogP contribution in [0.2, 0.25) is 0 Å². The van der Waals surface area contributed by atoms with Crippen LogP contribution >= 0.6 is 22.6 Å². The first kappa shape index (κ1) is 21.1. The minimum Gasteiger partial charge on any atom is -0.382 e. The van der Waals surface area contributed by atoms with E-state index in [1.807, 2.05) is 23.1 Å². The van der Waals surface area contributed by atoms with Crippen molar-refractivity contribution in [2.45, 2.75) is 69.7 Å². The topological polar surface area (TPSA) is 38.8 Å². The van der Waals surface area contributed by atoms with Crippen molar-refractivity contribution in [1.82, 2.24) is 4.90 Å². The molecule has 1 aromatic carbocycles. The molecular weight excluding hydrogens is 453 g/mol. The van der Waals surface area contributed by atoms with Gasteiger partial charge < -0.3 is 14.4 Å². The van der Waals surface area contributed by atoms with Gasteiger partial charge in [-0.05, 0) is 42.1 Å². The Morgan fingerprint density at radius 3 is 2.67 bits per heavy atom. The van der Waals surface area contributed by atoms with Gasteiger partial charge in [0.1, 0.15) is 11.8 Å². The van der Waals surface area contributed by atoms with Gasteiger partial charge in [-0.2, -0.15) is 0 Å². The van der Waals surface area contributed by atoms with Gasteiger partial charge in [0, 0.05) is 13.5 Å². The minimum absolute atomic E-state index is 0.0560. The number of nitrogens with zero attached hydrogens (tertiary/aromatic N) is 1. The van der Waals surface area contributed by atoms with Gasteiger partial charge in [-0.25, -0.2) is 0 Å². The number of methoxy groups -OCH3 is 1. The van der Waals surface area contributed by atoms with E-state index in [1.165, 1.54) is 30.1 Å². The van der Waals surface area contributed by atoms with E-state index in [1.54, 1.807) is 7.11 Å². The van der Waals surface area contributed by atoms with E-state index in [9.17, 15) is 4.79 Å². The lowest BCUT2D eigenvalue weighted by Gasteiger charge is -2.43. The summed E-state index contributed by atoms with van der Waals surface area (Å²) in [5, 5.41) is 0. The van der Waals surface area contributed by atoms with Gasteiger partial charge in [0.25, 0.3) is 0 Å². The van der Waals surface area contributed by atoms with Crippen molar-refractivity contribution >= 4 is 28.5 Å². The quantitative estimate of drug-likeness (QED) is 0.277. The van der Waals surface area contributed by atoms with Gasteiger partial charge in [-0.3, -0.25) is 4.79 Å². The molecule has 0 unspecified atom stereocenters. The maximum Gasteiger partial charge on any atom is 0.225 e. The van der Waals surface area contributed by atoms with E-state index < -0.39 is 5.72 Å². The van der Waals surface area contributed by atoms with Gasteiger partial charge >= 0.3 is 0 Å². The van der Waals surface area contributed by atoms with Gasteiger partial charge in [0.05, 0.1) is 12.6 Å². The van der Waals surface area contributed by atoms with Crippen LogP contribution in [0.25, 0.3) is 0 Å². The number of hydrogen-bond acceptors (Lipinski definition) is 3. The van der Waals surface area contributed by atoms with Crippen molar-refractivity contribution in [3.8, 4) is 0 Å². The molecule has 0 N–H and O–H groups in total. The van der Waals surface area contributed by atoms with Crippen LogP contribution in [0.15, 0.2) is 30.3 Å². The molecule has 3 rings (SSSR count). The number of rotatable bonds is 9. The molecule has 0 bridgehead atoms. The average molecular weight is 485 g/mol. The highest BCUT2D eigenvalue weighted by Gasteiger charge is 2.55. The van der Waals surface area contributed by atoms with Crippen LogP contribution in [-0.4, -0.2) is 40.7 Å². The van der Waals surface area contributed by atoms with Crippen LogP contribution in [-0.2, 0) is 14.3 Å². The van der Waals surface area contributed by atoms with Crippen LogP contribution in [0.3, 0.4) is 0 Å². The number of ether oxygens (including phenoxy) is 2. The number of fused-ring (bicyclic) bond motifs is 1. The second-order valence-corrected chi connectivity index (χ2v) is 9.16. The van der Waals surface area contributed by atoms with Gasteiger partial charge in [0.2, 0.25) is 5.91 Å². The third-order valence-corrected chi connectivity index (χ3v) is 6.70. The molecule has 0 aromatic heterocycles. The number of halogens is 1. The molecule has 2 saturated heterocycles. The number of hydrogen-bond donors (Lipinski definition) is 0. The van der Waals surface area contributed by atoms with Crippen molar-refractivity contribution < 1.29 is 14.3 Å². The fraction of sp³-hybridized carbons (Fsp3) is 0.682. The molecule has 2 heterocycles. The van der Waals surface area contributed by atoms with Gasteiger partial charge in [0.15, 0.2) is 0 Å². The Bertz CT molecular complexity index is 611. The van der Waals surface area contributed by atoms with E-state index in [2.05, 4.69) is 41.6 Å². The summed E-state index contributed by atoms with van der Waals surface area (Å²) < 4.78 is 13.3. The smallest absolute Gasteiger partial charge is 0.225 e. The van der Waals surface area contributed by atoms with E-state index in [-0.39, 0.29) is 18.1 Å². The number of amides is 1. The molecule has 0 saturated carbocycles. The maximum atomic E-state index is 13.1. The first-order valence-corrected chi connectivity index (χ1v) is 11.7. The third kappa shape index (κ3) is 4.85. The Hall–Kier alpha value is -0.660. The first-order chi connectivity index (χ1) is 13.1. The monoisotopic (exact) mass is 485 g/mol. The van der Waals surface area contributed by atoms with Crippen molar-refractivity contribution in [2.24, 2.45) is 5.92 Å².